The second-order valence-electron chi connectivity index (χ2n) is 4.99. The van der Waals surface area contributed by atoms with Crippen LogP contribution in [0.5, 0.6) is 0 Å². The Labute approximate surface area is 120 Å². The van der Waals surface area contributed by atoms with Crippen LogP contribution >= 0.6 is 0 Å². The van der Waals surface area contributed by atoms with Crippen molar-refractivity contribution in [3.05, 3.63) is 65.2 Å². The molecule has 0 radical (unpaired) electrons. The van der Waals surface area contributed by atoms with Crippen molar-refractivity contribution in [2.24, 2.45) is 5.73 Å². The first-order valence-corrected chi connectivity index (χ1v) is 6.71. The molecule has 0 heterocycles. The van der Waals surface area contributed by atoms with Gasteiger partial charge in [0.15, 0.2) is 0 Å². The lowest BCUT2D eigenvalue weighted by molar-refractivity contribution is -0.117. The molecule has 0 atom stereocenters. The van der Waals surface area contributed by atoms with Crippen LogP contribution in [0.15, 0.2) is 48.5 Å². The van der Waals surface area contributed by atoms with Crippen molar-refractivity contribution in [1.29, 1.82) is 0 Å². The Morgan fingerprint density at radius 3 is 2.10 bits per heavy atom. The molecule has 0 saturated carbocycles. The van der Waals surface area contributed by atoms with Gasteiger partial charge in [-0.1, -0.05) is 42.0 Å². The Kier molecular flexibility index (Phi) is 4.53. The van der Waals surface area contributed by atoms with E-state index >= 15 is 0 Å². The molecular formula is C17H20N2O. The Morgan fingerprint density at radius 2 is 1.55 bits per heavy atom. The SMILES string of the molecule is Cc1ccc(CC(=O)N(C)c2ccc(CN)cc2)cc1. The molecule has 104 valence electrons. The fourth-order valence-corrected chi connectivity index (χ4v) is 2.00. The molecule has 0 aliphatic rings. The molecule has 0 unspecified atom stereocenters. The summed E-state index contributed by atoms with van der Waals surface area (Å²) in [5.41, 5.74) is 9.76. The number of hydrogen-bond acceptors (Lipinski definition) is 2. The van der Waals surface area contributed by atoms with E-state index in [-0.39, 0.29) is 5.91 Å². The molecule has 0 aliphatic carbocycles. The largest absolute Gasteiger partial charge is 0.326 e. The number of nitrogens with zero attached hydrogens (tertiary/aromatic N) is 1. The highest BCUT2D eigenvalue weighted by Gasteiger charge is 2.11. The normalized spacial score (nSPS) is 10.3. The number of hydrogen-bond donors (Lipinski definition) is 1. The summed E-state index contributed by atoms with van der Waals surface area (Å²) in [6, 6.07) is 15.8. The minimum atomic E-state index is 0.0781. The molecule has 0 saturated heterocycles. The lowest BCUT2D eigenvalue weighted by Gasteiger charge is -2.17. The van der Waals surface area contributed by atoms with Gasteiger partial charge in [-0.15, -0.1) is 0 Å². The number of anilines is 1. The smallest absolute Gasteiger partial charge is 0.231 e. The lowest BCUT2D eigenvalue weighted by Crippen LogP contribution is -2.27. The summed E-state index contributed by atoms with van der Waals surface area (Å²) in [6.45, 7) is 2.55. The van der Waals surface area contributed by atoms with E-state index in [2.05, 4.69) is 0 Å². The number of benzene rings is 2. The van der Waals surface area contributed by atoms with Crippen molar-refractivity contribution in [1.82, 2.24) is 0 Å². The van der Waals surface area contributed by atoms with Crippen LogP contribution in [0, 0.1) is 6.92 Å². The van der Waals surface area contributed by atoms with Gasteiger partial charge in [0.1, 0.15) is 0 Å². The average Bonchev–Trinajstić information content (AvgIpc) is 2.49. The highest BCUT2D eigenvalue weighted by Crippen LogP contribution is 2.15. The predicted molar refractivity (Wildman–Crippen MR) is 82.6 cm³/mol. The first-order chi connectivity index (χ1) is 9.60. The topological polar surface area (TPSA) is 46.3 Å². The number of likely N-dealkylation sites (N-methyl/N-ethyl adjacent to an activating group) is 1. The molecule has 0 fully saturated rings. The molecule has 0 aliphatic heterocycles. The second-order valence-corrected chi connectivity index (χ2v) is 4.99. The Morgan fingerprint density at radius 1 is 1.00 bits per heavy atom. The summed E-state index contributed by atoms with van der Waals surface area (Å²) in [5.74, 6) is 0.0781. The van der Waals surface area contributed by atoms with E-state index in [1.807, 2.05) is 55.5 Å². The van der Waals surface area contributed by atoms with Gasteiger partial charge < -0.3 is 10.6 Å². The average molecular weight is 268 g/mol. The van der Waals surface area contributed by atoms with Crippen molar-refractivity contribution < 1.29 is 4.79 Å². The van der Waals surface area contributed by atoms with Gasteiger partial charge >= 0.3 is 0 Å². The fraction of sp³-hybridized carbons (Fsp3) is 0.235. The highest BCUT2D eigenvalue weighted by atomic mass is 16.2. The number of carbonyl (C=O) groups excluding carboxylic acids is 1. The summed E-state index contributed by atoms with van der Waals surface area (Å²) < 4.78 is 0. The quantitative estimate of drug-likeness (QED) is 0.926. The van der Waals surface area contributed by atoms with Gasteiger partial charge in [-0.25, -0.2) is 0 Å². The van der Waals surface area contributed by atoms with E-state index in [0.717, 1.165) is 16.8 Å². The number of amides is 1. The zero-order chi connectivity index (χ0) is 14.5. The Bertz CT molecular complexity index is 573. The van der Waals surface area contributed by atoms with Crippen LogP contribution in [0.4, 0.5) is 5.69 Å². The van der Waals surface area contributed by atoms with Gasteiger partial charge in [-0.2, -0.15) is 0 Å². The van der Waals surface area contributed by atoms with Crippen LogP contribution in [0.3, 0.4) is 0 Å². The molecule has 20 heavy (non-hydrogen) atoms. The Hall–Kier alpha value is -2.13. The molecule has 2 rings (SSSR count). The molecule has 2 N–H and O–H groups in total. The predicted octanol–water partition coefficient (Wildman–Crippen LogP) is 2.66. The van der Waals surface area contributed by atoms with Crippen LogP contribution in [-0.4, -0.2) is 13.0 Å². The third kappa shape index (κ3) is 3.45. The number of nitrogens with two attached hydrogens (primary N) is 1. The molecule has 2 aromatic carbocycles. The zero-order valence-corrected chi connectivity index (χ0v) is 12.0. The number of carbonyl (C=O) groups is 1. The van der Waals surface area contributed by atoms with Crippen molar-refractivity contribution in [3.63, 3.8) is 0 Å². The van der Waals surface area contributed by atoms with Crippen LogP contribution in [-0.2, 0) is 17.8 Å². The van der Waals surface area contributed by atoms with E-state index in [1.54, 1.807) is 11.9 Å². The third-order valence-corrected chi connectivity index (χ3v) is 3.41. The standard InChI is InChI=1S/C17H20N2O/c1-13-3-5-14(6-4-13)11-17(20)19(2)16-9-7-15(12-18)8-10-16/h3-10H,11-12,18H2,1-2H3. The lowest BCUT2D eigenvalue weighted by atomic mass is 10.1. The molecule has 2 aromatic rings. The van der Waals surface area contributed by atoms with Gasteiger partial charge in [-0.05, 0) is 30.2 Å². The molecule has 0 spiro atoms. The van der Waals surface area contributed by atoms with Gasteiger partial charge in [-0.3, -0.25) is 4.79 Å². The van der Waals surface area contributed by atoms with Crippen LogP contribution in [0.25, 0.3) is 0 Å². The summed E-state index contributed by atoms with van der Waals surface area (Å²) in [6.07, 6.45) is 0.412. The van der Waals surface area contributed by atoms with Crippen LogP contribution < -0.4 is 10.6 Å². The Balaban J connectivity index is 2.05. The maximum Gasteiger partial charge on any atom is 0.231 e. The van der Waals surface area contributed by atoms with Gasteiger partial charge in [0, 0.05) is 19.3 Å². The molecule has 3 heteroatoms. The van der Waals surface area contributed by atoms with Crippen molar-refractivity contribution in [2.45, 2.75) is 19.9 Å². The third-order valence-electron chi connectivity index (χ3n) is 3.41. The monoisotopic (exact) mass is 268 g/mol. The minimum absolute atomic E-state index is 0.0781. The molecule has 3 nitrogen and oxygen atoms in total. The molecule has 0 aromatic heterocycles. The van der Waals surface area contributed by atoms with Gasteiger partial charge in [0.25, 0.3) is 0 Å². The first-order valence-electron chi connectivity index (χ1n) is 6.71. The van der Waals surface area contributed by atoms with Gasteiger partial charge in [0.05, 0.1) is 6.42 Å². The number of rotatable bonds is 4. The van der Waals surface area contributed by atoms with Crippen LogP contribution in [0.2, 0.25) is 0 Å². The highest BCUT2D eigenvalue weighted by molar-refractivity contribution is 5.94. The van der Waals surface area contributed by atoms with Crippen molar-refractivity contribution in [3.8, 4) is 0 Å². The van der Waals surface area contributed by atoms with Crippen molar-refractivity contribution in [2.75, 3.05) is 11.9 Å². The first kappa shape index (κ1) is 14.3. The molecular weight excluding hydrogens is 248 g/mol. The summed E-state index contributed by atoms with van der Waals surface area (Å²) in [7, 11) is 1.80. The van der Waals surface area contributed by atoms with E-state index in [0.29, 0.717) is 13.0 Å². The van der Waals surface area contributed by atoms with E-state index < -0.39 is 0 Å². The van der Waals surface area contributed by atoms with Gasteiger partial charge in [0.2, 0.25) is 5.91 Å². The van der Waals surface area contributed by atoms with E-state index in [1.165, 1.54) is 5.56 Å². The van der Waals surface area contributed by atoms with E-state index in [4.69, 9.17) is 5.73 Å². The second kappa shape index (κ2) is 6.35. The minimum Gasteiger partial charge on any atom is -0.326 e. The maximum atomic E-state index is 12.3. The van der Waals surface area contributed by atoms with E-state index in [9.17, 15) is 4.79 Å². The molecule has 1 amide bonds. The van der Waals surface area contributed by atoms with Crippen molar-refractivity contribution >= 4 is 11.6 Å². The zero-order valence-electron chi connectivity index (χ0n) is 12.0. The van der Waals surface area contributed by atoms with Crippen LogP contribution in [0.1, 0.15) is 16.7 Å². The summed E-state index contributed by atoms with van der Waals surface area (Å²) >= 11 is 0. The fourth-order valence-electron chi connectivity index (χ4n) is 2.00. The molecule has 0 bridgehead atoms. The summed E-state index contributed by atoms with van der Waals surface area (Å²) in [4.78, 5) is 13.9. The summed E-state index contributed by atoms with van der Waals surface area (Å²) in [5, 5.41) is 0. The number of aryl methyl sites for hydroxylation is 1. The maximum absolute atomic E-state index is 12.3.